The average molecular weight is 273 g/mol. The average Bonchev–Trinajstić information content (AvgIpc) is 2.32. The van der Waals surface area contributed by atoms with E-state index in [9.17, 15) is 18.3 Å². The second-order valence-corrected chi connectivity index (χ2v) is 5.24. The van der Waals surface area contributed by atoms with E-state index in [1.54, 1.807) is 30.3 Å². The Balaban J connectivity index is 2.02. The Labute approximate surface area is 110 Å². The summed E-state index contributed by atoms with van der Waals surface area (Å²) in [7, 11) is 0. The molecule has 2 N–H and O–H groups in total. The largest absolute Gasteiger partial charge is 0.390 e. The van der Waals surface area contributed by atoms with Crippen molar-refractivity contribution in [1.29, 1.82) is 0 Å². The molecule has 1 aromatic carbocycles. The van der Waals surface area contributed by atoms with Gasteiger partial charge in [-0.1, -0.05) is 30.3 Å². The van der Waals surface area contributed by atoms with Crippen LogP contribution in [0.1, 0.15) is 37.3 Å². The highest BCUT2D eigenvalue weighted by Gasteiger charge is 2.37. The summed E-state index contributed by atoms with van der Waals surface area (Å²) in [6, 6.07) is 7.76. The van der Waals surface area contributed by atoms with Gasteiger partial charge >= 0.3 is 6.18 Å². The molecular formula is C14H18F3NO. The maximum atomic E-state index is 12.6. The molecule has 0 aromatic heterocycles. The van der Waals surface area contributed by atoms with Gasteiger partial charge in [0.05, 0.1) is 12.0 Å². The highest BCUT2D eigenvalue weighted by Crippen LogP contribution is 2.33. The van der Waals surface area contributed by atoms with Crippen LogP contribution < -0.4 is 5.32 Å². The van der Waals surface area contributed by atoms with E-state index in [-0.39, 0.29) is 6.54 Å². The van der Waals surface area contributed by atoms with Gasteiger partial charge in [0.1, 0.15) is 0 Å². The number of nitrogens with one attached hydrogen (secondary N) is 1. The van der Waals surface area contributed by atoms with Gasteiger partial charge in [-0.05, 0) is 24.8 Å². The lowest BCUT2D eigenvalue weighted by molar-refractivity contribution is -0.141. The zero-order chi connectivity index (χ0) is 13.9. The molecule has 1 aliphatic carbocycles. The molecule has 0 heterocycles. The number of hydrogen-bond donors (Lipinski definition) is 2. The first kappa shape index (κ1) is 14.3. The molecule has 2 rings (SSSR count). The standard InChI is InChI=1S/C14H18F3NO/c15-14(16,17)9-12(11-5-2-1-3-6-11)18-10-13(19)7-4-8-13/h1-3,5-6,12,18-19H,4,7-10H2. The van der Waals surface area contributed by atoms with Crippen molar-refractivity contribution in [3.63, 3.8) is 0 Å². The van der Waals surface area contributed by atoms with Gasteiger partial charge < -0.3 is 10.4 Å². The summed E-state index contributed by atoms with van der Waals surface area (Å²) in [6.45, 7) is 0.211. The maximum absolute atomic E-state index is 12.6. The molecule has 1 atom stereocenters. The van der Waals surface area contributed by atoms with Gasteiger partial charge in [-0.3, -0.25) is 0 Å². The summed E-state index contributed by atoms with van der Waals surface area (Å²) in [4.78, 5) is 0. The predicted octanol–water partition coefficient (Wildman–Crippen LogP) is 3.18. The molecule has 2 nitrogen and oxygen atoms in total. The number of halogens is 3. The molecule has 19 heavy (non-hydrogen) atoms. The maximum Gasteiger partial charge on any atom is 0.390 e. The quantitative estimate of drug-likeness (QED) is 0.863. The van der Waals surface area contributed by atoms with Crippen LogP contribution in [0.15, 0.2) is 30.3 Å². The normalized spacial score (nSPS) is 19.8. The van der Waals surface area contributed by atoms with Crippen LogP contribution in [0, 0.1) is 0 Å². The first-order valence-corrected chi connectivity index (χ1v) is 6.45. The Bertz CT molecular complexity index is 401. The van der Waals surface area contributed by atoms with E-state index >= 15 is 0 Å². The molecule has 0 aliphatic heterocycles. The fourth-order valence-corrected chi connectivity index (χ4v) is 2.30. The fourth-order valence-electron chi connectivity index (χ4n) is 2.30. The third-order valence-electron chi connectivity index (χ3n) is 3.60. The van der Waals surface area contributed by atoms with Crippen molar-refractivity contribution < 1.29 is 18.3 Å². The second kappa shape index (κ2) is 5.51. The molecule has 0 amide bonds. The zero-order valence-electron chi connectivity index (χ0n) is 10.6. The van der Waals surface area contributed by atoms with E-state index in [4.69, 9.17) is 0 Å². The van der Waals surface area contributed by atoms with Crippen molar-refractivity contribution in [3.05, 3.63) is 35.9 Å². The Morgan fingerprint density at radius 2 is 1.84 bits per heavy atom. The second-order valence-electron chi connectivity index (χ2n) is 5.24. The van der Waals surface area contributed by atoms with E-state index in [1.807, 2.05) is 0 Å². The summed E-state index contributed by atoms with van der Waals surface area (Å²) in [5, 5.41) is 12.8. The summed E-state index contributed by atoms with van der Waals surface area (Å²) in [5.74, 6) is 0. The van der Waals surface area contributed by atoms with Gasteiger partial charge in [-0.25, -0.2) is 0 Å². The van der Waals surface area contributed by atoms with E-state index in [0.717, 1.165) is 6.42 Å². The Morgan fingerprint density at radius 1 is 1.21 bits per heavy atom. The third-order valence-corrected chi connectivity index (χ3v) is 3.60. The SMILES string of the molecule is OC1(CNC(CC(F)(F)F)c2ccccc2)CCC1. The van der Waals surface area contributed by atoms with Crippen LogP contribution in [0.25, 0.3) is 0 Å². The number of benzene rings is 1. The molecule has 0 spiro atoms. The number of aliphatic hydroxyl groups is 1. The third kappa shape index (κ3) is 4.21. The van der Waals surface area contributed by atoms with Gasteiger partial charge in [-0.2, -0.15) is 13.2 Å². The van der Waals surface area contributed by atoms with Crippen molar-refractivity contribution in [1.82, 2.24) is 5.32 Å². The topological polar surface area (TPSA) is 32.3 Å². The number of hydrogen-bond acceptors (Lipinski definition) is 2. The number of alkyl halides is 3. The van der Waals surface area contributed by atoms with E-state index in [0.29, 0.717) is 18.4 Å². The first-order chi connectivity index (χ1) is 8.88. The number of rotatable bonds is 5. The van der Waals surface area contributed by atoms with Crippen LogP contribution in [0.5, 0.6) is 0 Å². The summed E-state index contributed by atoms with van der Waals surface area (Å²) < 4.78 is 37.8. The van der Waals surface area contributed by atoms with Crippen molar-refractivity contribution in [3.8, 4) is 0 Å². The highest BCUT2D eigenvalue weighted by atomic mass is 19.4. The Kier molecular flexibility index (Phi) is 4.16. The van der Waals surface area contributed by atoms with Gasteiger partial charge in [0, 0.05) is 12.6 Å². The van der Waals surface area contributed by atoms with Gasteiger partial charge in [-0.15, -0.1) is 0 Å². The van der Waals surface area contributed by atoms with E-state index in [2.05, 4.69) is 5.32 Å². The molecule has 1 aromatic rings. The van der Waals surface area contributed by atoms with Crippen molar-refractivity contribution in [2.75, 3.05) is 6.54 Å². The minimum atomic E-state index is -4.23. The minimum Gasteiger partial charge on any atom is -0.389 e. The molecule has 106 valence electrons. The van der Waals surface area contributed by atoms with Crippen molar-refractivity contribution >= 4 is 0 Å². The smallest absolute Gasteiger partial charge is 0.389 e. The predicted molar refractivity (Wildman–Crippen MR) is 66.7 cm³/mol. The van der Waals surface area contributed by atoms with Crippen LogP contribution in [-0.4, -0.2) is 23.4 Å². The fraction of sp³-hybridized carbons (Fsp3) is 0.571. The summed E-state index contributed by atoms with van der Waals surface area (Å²) in [6.07, 6.45) is -2.89. The molecule has 1 unspecified atom stereocenters. The van der Waals surface area contributed by atoms with Gasteiger partial charge in [0.25, 0.3) is 0 Å². The van der Waals surface area contributed by atoms with Crippen LogP contribution in [0.4, 0.5) is 13.2 Å². The summed E-state index contributed by atoms with van der Waals surface area (Å²) in [5.41, 5.74) is -0.221. The molecule has 0 saturated heterocycles. The molecule has 0 bridgehead atoms. The Hall–Kier alpha value is -1.07. The van der Waals surface area contributed by atoms with Crippen molar-refractivity contribution in [2.24, 2.45) is 0 Å². The lowest BCUT2D eigenvalue weighted by Gasteiger charge is -2.38. The van der Waals surface area contributed by atoms with Gasteiger partial charge in [0.2, 0.25) is 0 Å². The molecule has 5 heteroatoms. The minimum absolute atomic E-state index is 0.211. The summed E-state index contributed by atoms with van der Waals surface area (Å²) >= 11 is 0. The lowest BCUT2D eigenvalue weighted by atomic mass is 9.80. The molecule has 1 fully saturated rings. The molecular weight excluding hydrogens is 255 g/mol. The first-order valence-electron chi connectivity index (χ1n) is 6.45. The molecule has 1 saturated carbocycles. The highest BCUT2D eigenvalue weighted by molar-refractivity contribution is 5.19. The van der Waals surface area contributed by atoms with Crippen LogP contribution >= 0.6 is 0 Å². The van der Waals surface area contributed by atoms with Crippen molar-refractivity contribution in [2.45, 2.75) is 43.5 Å². The van der Waals surface area contributed by atoms with E-state index in [1.165, 1.54) is 0 Å². The Morgan fingerprint density at radius 3 is 2.32 bits per heavy atom. The van der Waals surface area contributed by atoms with Gasteiger partial charge in [0.15, 0.2) is 0 Å². The van der Waals surface area contributed by atoms with Crippen LogP contribution in [0.3, 0.4) is 0 Å². The lowest BCUT2D eigenvalue weighted by Crippen LogP contribution is -2.47. The van der Waals surface area contributed by atoms with Crippen LogP contribution in [0.2, 0.25) is 0 Å². The van der Waals surface area contributed by atoms with Crippen LogP contribution in [-0.2, 0) is 0 Å². The molecule has 0 radical (unpaired) electrons. The van der Waals surface area contributed by atoms with E-state index < -0.39 is 24.2 Å². The molecule has 1 aliphatic rings. The zero-order valence-corrected chi connectivity index (χ0v) is 10.6. The monoisotopic (exact) mass is 273 g/mol.